The molecule has 0 aliphatic heterocycles. The van der Waals surface area contributed by atoms with E-state index in [9.17, 15) is 0 Å². The van der Waals surface area contributed by atoms with E-state index in [1.165, 1.54) is 205 Å². The molecule has 0 heterocycles. The fraction of sp³-hybridized carbons (Fsp3) is 1.00. The lowest BCUT2D eigenvalue weighted by Gasteiger charge is -2.41. The Morgan fingerprint density at radius 3 is 0.939 bits per heavy atom. The van der Waals surface area contributed by atoms with Crippen molar-refractivity contribution >= 4 is 0 Å². The van der Waals surface area contributed by atoms with E-state index >= 15 is 0 Å². The molecule has 0 aromatic carbocycles. The van der Waals surface area contributed by atoms with Gasteiger partial charge in [-0.2, -0.15) is 0 Å². The van der Waals surface area contributed by atoms with Crippen LogP contribution in [-0.4, -0.2) is 13.2 Å². The van der Waals surface area contributed by atoms with Gasteiger partial charge in [0.15, 0.2) is 0 Å². The van der Waals surface area contributed by atoms with E-state index < -0.39 is 0 Å². The Hall–Kier alpha value is -0.0400. The molecule has 4 rings (SSSR count). The molecular formula is C48H90O. The monoisotopic (exact) mass is 683 g/mol. The summed E-state index contributed by atoms with van der Waals surface area (Å²) in [7, 11) is 0. The van der Waals surface area contributed by atoms with Crippen LogP contribution in [0.1, 0.15) is 233 Å². The van der Waals surface area contributed by atoms with Crippen LogP contribution in [0, 0.1) is 59.2 Å². The molecule has 2 unspecified atom stereocenters. The molecule has 0 radical (unpaired) electrons. The third-order valence-electron chi connectivity index (χ3n) is 15.5. The van der Waals surface area contributed by atoms with Crippen molar-refractivity contribution in [1.82, 2.24) is 0 Å². The van der Waals surface area contributed by atoms with E-state index in [1.54, 1.807) is 0 Å². The number of unbranched alkanes of at least 4 members (excludes halogenated alkanes) is 6. The van der Waals surface area contributed by atoms with Crippen molar-refractivity contribution in [3.8, 4) is 0 Å². The molecule has 0 saturated heterocycles. The third-order valence-corrected chi connectivity index (χ3v) is 15.5. The Balaban J connectivity index is 1.26. The average Bonchev–Trinajstić information content (AvgIpc) is 3.14. The van der Waals surface area contributed by atoms with Crippen LogP contribution in [0.3, 0.4) is 0 Å². The SMILES string of the molecule is CCCCCC[C@H]1CC[C@H](C(CCOCCC([C@H]2CC[C@H](CCC)CC2)[C@H]2CC[C@H](CCCCCC)CC2)[C@H]2CC[C@H](CCC)CC2)CC1. The van der Waals surface area contributed by atoms with E-state index in [0.717, 1.165) is 72.4 Å². The molecule has 0 aromatic rings. The minimum atomic E-state index is 0.945. The lowest BCUT2D eigenvalue weighted by Crippen LogP contribution is -2.32. The van der Waals surface area contributed by atoms with Crippen LogP contribution in [-0.2, 0) is 4.74 Å². The first-order valence-electron chi connectivity index (χ1n) is 23.7. The van der Waals surface area contributed by atoms with Crippen LogP contribution in [0.15, 0.2) is 0 Å². The van der Waals surface area contributed by atoms with Crippen LogP contribution in [0.2, 0.25) is 0 Å². The smallest absolute Gasteiger partial charge is 0.0468 e. The molecule has 0 aromatic heterocycles. The largest absolute Gasteiger partial charge is 0.381 e. The quantitative estimate of drug-likeness (QED) is 0.0921. The van der Waals surface area contributed by atoms with Gasteiger partial charge in [-0.25, -0.2) is 0 Å². The summed E-state index contributed by atoms with van der Waals surface area (Å²) in [6, 6.07) is 0. The normalized spacial score (nSPS) is 32.6. The maximum absolute atomic E-state index is 6.77. The maximum atomic E-state index is 6.77. The molecule has 4 saturated carbocycles. The van der Waals surface area contributed by atoms with E-state index in [-0.39, 0.29) is 0 Å². The van der Waals surface area contributed by atoms with E-state index in [1.807, 2.05) is 0 Å². The minimum absolute atomic E-state index is 0.945. The highest BCUT2D eigenvalue weighted by Gasteiger charge is 2.36. The summed E-state index contributed by atoms with van der Waals surface area (Å²) >= 11 is 0. The predicted octanol–water partition coefficient (Wildman–Crippen LogP) is 15.8. The van der Waals surface area contributed by atoms with Crippen molar-refractivity contribution in [2.75, 3.05) is 13.2 Å². The second-order valence-corrected chi connectivity index (χ2v) is 18.9. The van der Waals surface area contributed by atoms with Gasteiger partial charge in [-0.3, -0.25) is 0 Å². The van der Waals surface area contributed by atoms with Gasteiger partial charge in [-0.05, 0) is 123 Å². The second kappa shape index (κ2) is 25.1. The number of hydrogen-bond donors (Lipinski definition) is 0. The summed E-state index contributed by atoms with van der Waals surface area (Å²) < 4.78 is 6.77. The Labute approximate surface area is 309 Å². The van der Waals surface area contributed by atoms with Crippen LogP contribution >= 0.6 is 0 Å². The molecule has 1 heteroatoms. The zero-order valence-electron chi connectivity index (χ0n) is 34.2. The molecule has 1 nitrogen and oxygen atoms in total. The van der Waals surface area contributed by atoms with Crippen LogP contribution in [0.25, 0.3) is 0 Å². The summed E-state index contributed by atoms with van der Waals surface area (Å²) in [6.07, 6.45) is 47.5. The standard InChI is InChI=1S/C48H90O/c1-5-9-11-13-17-41-23-31-45(32-24-41)47(43-27-19-39(15-7-3)20-28-43)35-37-49-38-36-48(44-29-21-40(16-8-4)22-30-44)46-33-25-42(26-34-46)18-14-12-10-6-2/h39-48H,5-38H2,1-4H3/t39-,40-,41-,42-,43-,44-,45-,46-,47?,48?. The van der Waals surface area contributed by atoms with Gasteiger partial charge in [0, 0.05) is 13.2 Å². The minimum Gasteiger partial charge on any atom is -0.381 e. The van der Waals surface area contributed by atoms with Crippen molar-refractivity contribution in [2.24, 2.45) is 59.2 Å². The van der Waals surface area contributed by atoms with Gasteiger partial charge < -0.3 is 4.74 Å². The van der Waals surface area contributed by atoms with Gasteiger partial charge in [0.05, 0.1) is 0 Å². The highest BCUT2D eigenvalue weighted by Crippen LogP contribution is 2.47. The number of hydrogen-bond acceptors (Lipinski definition) is 1. The third kappa shape index (κ3) is 15.1. The van der Waals surface area contributed by atoms with Gasteiger partial charge >= 0.3 is 0 Å². The lowest BCUT2D eigenvalue weighted by atomic mass is 9.65. The van der Waals surface area contributed by atoms with Gasteiger partial charge in [0.2, 0.25) is 0 Å². The molecule has 0 N–H and O–H groups in total. The van der Waals surface area contributed by atoms with Crippen molar-refractivity contribution in [2.45, 2.75) is 233 Å². The van der Waals surface area contributed by atoms with E-state index in [2.05, 4.69) is 27.7 Å². The molecular weight excluding hydrogens is 593 g/mol. The fourth-order valence-corrected chi connectivity index (χ4v) is 12.4. The van der Waals surface area contributed by atoms with Gasteiger partial charge in [0.1, 0.15) is 0 Å². The topological polar surface area (TPSA) is 9.23 Å². The van der Waals surface area contributed by atoms with Crippen molar-refractivity contribution in [1.29, 1.82) is 0 Å². The summed E-state index contributed by atoms with van der Waals surface area (Å²) in [5.41, 5.74) is 0. The molecule has 4 fully saturated rings. The summed E-state index contributed by atoms with van der Waals surface area (Å²) in [5, 5.41) is 0. The first kappa shape index (κ1) is 41.7. The first-order valence-corrected chi connectivity index (χ1v) is 23.7. The molecule has 0 amide bonds. The maximum Gasteiger partial charge on any atom is 0.0468 e. The molecule has 49 heavy (non-hydrogen) atoms. The Morgan fingerprint density at radius 1 is 0.347 bits per heavy atom. The summed E-state index contributed by atoms with van der Waals surface area (Å²) in [4.78, 5) is 0. The van der Waals surface area contributed by atoms with Crippen molar-refractivity contribution in [3.63, 3.8) is 0 Å². The Morgan fingerprint density at radius 2 is 0.653 bits per heavy atom. The zero-order valence-corrected chi connectivity index (χ0v) is 34.2. The highest BCUT2D eigenvalue weighted by atomic mass is 16.5. The lowest BCUT2D eigenvalue weighted by molar-refractivity contribution is 0.0368. The highest BCUT2D eigenvalue weighted by molar-refractivity contribution is 4.87. The first-order chi connectivity index (χ1) is 24.1. The van der Waals surface area contributed by atoms with Gasteiger partial charge in [-0.15, -0.1) is 0 Å². The van der Waals surface area contributed by atoms with Gasteiger partial charge in [-0.1, -0.05) is 169 Å². The Bertz CT molecular complexity index is 694. The summed E-state index contributed by atoms with van der Waals surface area (Å²) in [6.45, 7) is 11.6. The van der Waals surface area contributed by atoms with Crippen molar-refractivity contribution < 1.29 is 4.74 Å². The molecule has 2 atom stereocenters. The predicted molar refractivity (Wildman–Crippen MR) is 216 cm³/mol. The van der Waals surface area contributed by atoms with Crippen LogP contribution in [0.5, 0.6) is 0 Å². The molecule has 288 valence electrons. The molecule has 4 aliphatic carbocycles. The van der Waals surface area contributed by atoms with Crippen LogP contribution < -0.4 is 0 Å². The van der Waals surface area contributed by atoms with E-state index in [4.69, 9.17) is 4.74 Å². The zero-order chi connectivity index (χ0) is 34.5. The number of ether oxygens (including phenoxy) is 1. The van der Waals surface area contributed by atoms with E-state index in [0.29, 0.717) is 0 Å². The van der Waals surface area contributed by atoms with Crippen molar-refractivity contribution in [3.05, 3.63) is 0 Å². The molecule has 0 spiro atoms. The average molecular weight is 683 g/mol. The number of rotatable bonds is 24. The summed E-state index contributed by atoms with van der Waals surface area (Å²) in [5.74, 6) is 9.99. The molecule has 4 aliphatic rings. The second-order valence-electron chi connectivity index (χ2n) is 18.9. The van der Waals surface area contributed by atoms with Crippen LogP contribution in [0.4, 0.5) is 0 Å². The fourth-order valence-electron chi connectivity index (χ4n) is 12.4. The molecule has 0 bridgehead atoms. The van der Waals surface area contributed by atoms with Gasteiger partial charge in [0.25, 0.3) is 0 Å². The Kier molecular flexibility index (Phi) is 21.3.